The Morgan fingerprint density at radius 2 is 2.16 bits per heavy atom. The number of aromatic nitrogens is 3. The average Bonchev–Trinajstić information content (AvgIpc) is 3.18. The minimum absolute atomic E-state index is 0.0342. The summed E-state index contributed by atoms with van der Waals surface area (Å²) in [6, 6.07) is 0.614. The molecule has 0 amide bonds. The molecule has 1 heterocycles. The SMILES string of the molecule is CC(C)Oc1nc(NN)nc(N(CCO)C2CC2)n1. The number of aliphatic hydroxyl groups excluding tert-OH is 1. The molecule has 0 aromatic carbocycles. The van der Waals surface area contributed by atoms with Crippen LogP contribution in [-0.2, 0) is 0 Å². The van der Waals surface area contributed by atoms with E-state index in [1.165, 1.54) is 0 Å². The van der Waals surface area contributed by atoms with E-state index in [9.17, 15) is 0 Å². The summed E-state index contributed by atoms with van der Waals surface area (Å²) in [7, 11) is 0. The monoisotopic (exact) mass is 268 g/mol. The van der Waals surface area contributed by atoms with Gasteiger partial charge in [-0.2, -0.15) is 15.0 Å². The summed E-state index contributed by atoms with van der Waals surface area (Å²) in [6.45, 7) is 4.32. The first-order valence-electron chi connectivity index (χ1n) is 6.41. The minimum Gasteiger partial charge on any atom is -0.461 e. The lowest BCUT2D eigenvalue weighted by molar-refractivity contribution is 0.221. The fourth-order valence-electron chi connectivity index (χ4n) is 1.74. The summed E-state index contributed by atoms with van der Waals surface area (Å²) in [4.78, 5) is 14.5. The quantitative estimate of drug-likeness (QED) is 0.465. The molecule has 0 unspecified atom stereocenters. The molecule has 8 heteroatoms. The Morgan fingerprint density at radius 3 is 2.68 bits per heavy atom. The summed E-state index contributed by atoms with van der Waals surface area (Å²) >= 11 is 0. The molecule has 0 bridgehead atoms. The summed E-state index contributed by atoms with van der Waals surface area (Å²) in [5, 5.41) is 9.13. The smallest absolute Gasteiger partial charge is 0.323 e. The van der Waals surface area contributed by atoms with Gasteiger partial charge in [0.15, 0.2) is 0 Å². The molecule has 19 heavy (non-hydrogen) atoms. The number of nitrogens with two attached hydrogens (primary N) is 1. The predicted molar refractivity (Wildman–Crippen MR) is 70.9 cm³/mol. The summed E-state index contributed by atoms with van der Waals surface area (Å²) < 4.78 is 5.48. The molecule has 2 rings (SSSR count). The zero-order valence-corrected chi connectivity index (χ0v) is 11.2. The van der Waals surface area contributed by atoms with Crippen LogP contribution in [0.1, 0.15) is 26.7 Å². The second kappa shape index (κ2) is 5.98. The van der Waals surface area contributed by atoms with E-state index in [0.717, 1.165) is 12.8 Å². The number of nitrogens with zero attached hydrogens (tertiary/aromatic N) is 4. The van der Waals surface area contributed by atoms with Crippen LogP contribution in [-0.4, -0.2) is 45.4 Å². The van der Waals surface area contributed by atoms with Gasteiger partial charge in [0.25, 0.3) is 0 Å². The van der Waals surface area contributed by atoms with Gasteiger partial charge in [-0.1, -0.05) is 0 Å². The molecule has 0 spiro atoms. The van der Waals surface area contributed by atoms with Gasteiger partial charge in [0.1, 0.15) is 0 Å². The van der Waals surface area contributed by atoms with E-state index in [1.54, 1.807) is 0 Å². The van der Waals surface area contributed by atoms with E-state index in [4.69, 9.17) is 15.7 Å². The van der Waals surface area contributed by atoms with Crippen LogP contribution in [0.4, 0.5) is 11.9 Å². The van der Waals surface area contributed by atoms with Crippen LogP contribution in [0.3, 0.4) is 0 Å². The van der Waals surface area contributed by atoms with Crippen molar-refractivity contribution in [2.45, 2.75) is 38.8 Å². The van der Waals surface area contributed by atoms with E-state index in [1.807, 2.05) is 18.7 Å². The normalized spacial score (nSPS) is 14.6. The van der Waals surface area contributed by atoms with Gasteiger partial charge >= 0.3 is 6.01 Å². The highest BCUT2D eigenvalue weighted by atomic mass is 16.5. The maximum Gasteiger partial charge on any atom is 0.323 e. The molecular formula is C11H20N6O2. The zero-order chi connectivity index (χ0) is 13.8. The van der Waals surface area contributed by atoms with Gasteiger partial charge in [0.05, 0.1) is 12.7 Å². The van der Waals surface area contributed by atoms with Crippen LogP contribution in [0.15, 0.2) is 0 Å². The zero-order valence-electron chi connectivity index (χ0n) is 11.2. The number of hydrazine groups is 1. The minimum atomic E-state index is -0.0342. The van der Waals surface area contributed by atoms with E-state index in [2.05, 4.69) is 20.4 Å². The largest absolute Gasteiger partial charge is 0.461 e. The number of hydrogen-bond donors (Lipinski definition) is 3. The Kier molecular flexibility index (Phi) is 4.33. The molecule has 8 nitrogen and oxygen atoms in total. The van der Waals surface area contributed by atoms with Gasteiger partial charge in [-0.05, 0) is 26.7 Å². The van der Waals surface area contributed by atoms with E-state index >= 15 is 0 Å². The van der Waals surface area contributed by atoms with Crippen LogP contribution in [0.25, 0.3) is 0 Å². The van der Waals surface area contributed by atoms with Crippen molar-refractivity contribution >= 4 is 11.9 Å². The maximum atomic E-state index is 9.13. The second-order valence-electron chi connectivity index (χ2n) is 4.70. The number of nitrogens with one attached hydrogen (secondary N) is 1. The van der Waals surface area contributed by atoms with Crippen molar-refractivity contribution in [2.24, 2.45) is 5.84 Å². The average molecular weight is 268 g/mol. The number of aliphatic hydroxyl groups is 1. The van der Waals surface area contributed by atoms with Gasteiger partial charge in [-0.15, -0.1) is 0 Å². The van der Waals surface area contributed by atoms with Crippen molar-refractivity contribution in [2.75, 3.05) is 23.5 Å². The third-order valence-electron chi connectivity index (χ3n) is 2.66. The molecule has 1 saturated carbocycles. The highest BCUT2D eigenvalue weighted by molar-refractivity contribution is 5.40. The lowest BCUT2D eigenvalue weighted by Crippen LogP contribution is -2.31. The van der Waals surface area contributed by atoms with Crippen LogP contribution in [0.5, 0.6) is 6.01 Å². The van der Waals surface area contributed by atoms with E-state index in [-0.39, 0.29) is 24.7 Å². The summed E-state index contributed by atoms with van der Waals surface area (Å²) in [5.41, 5.74) is 2.41. The Labute approximate surface area is 112 Å². The third-order valence-corrected chi connectivity index (χ3v) is 2.66. The first-order chi connectivity index (χ1) is 9.13. The first kappa shape index (κ1) is 13.8. The number of rotatable bonds is 7. The topological polar surface area (TPSA) is 109 Å². The third kappa shape index (κ3) is 3.65. The van der Waals surface area contributed by atoms with Crippen molar-refractivity contribution < 1.29 is 9.84 Å². The Bertz CT molecular complexity index is 424. The van der Waals surface area contributed by atoms with Crippen LogP contribution < -0.4 is 20.9 Å². The van der Waals surface area contributed by atoms with E-state index in [0.29, 0.717) is 18.5 Å². The molecule has 1 aromatic rings. The molecule has 1 fully saturated rings. The second-order valence-corrected chi connectivity index (χ2v) is 4.70. The van der Waals surface area contributed by atoms with Gasteiger partial charge in [-0.25, -0.2) is 5.84 Å². The summed E-state index contributed by atoms with van der Waals surface area (Å²) in [5.74, 6) is 6.09. The molecule has 1 aromatic heterocycles. The summed E-state index contributed by atoms with van der Waals surface area (Å²) in [6.07, 6.45) is 2.13. The number of ether oxygens (including phenoxy) is 1. The van der Waals surface area contributed by atoms with Crippen molar-refractivity contribution in [3.63, 3.8) is 0 Å². The molecular weight excluding hydrogens is 248 g/mol. The van der Waals surface area contributed by atoms with Crippen molar-refractivity contribution in [3.8, 4) is 6.01 Å². The predicted octanol–water partition coefficient (Wildman–Crippen LogP) is -0.0945. The van der Waals surface area contributed by atoms with Crippen LogP contribution in [0, 0.1) is 0 Å². The molecule has 0 aliphatic heterocycles. The van der Waals surface area contributed by atoms with Crippen molar-refractivity contribution in [1.29, 1.82) is 0 Å². The molecule has 0 radical (unpaired) electrons. The number of nitrogen functional groups attached to an aromatic ring is 1. The first-order valence-corrected chi connectivity index (χ1v) is 6.41. The van der Waals surface area contributed by atoms with Crippen LogP contribution in [0.2, 0.25) is 0 Å². The van der Waals surface area contributed by atoms with E-state index < -0.39 is 0 Å². The Balaban J connectivity index is 2.26. The van der Waals surface area contributed by atoms with Crippen LogP contribution >= 0.6 is 0 Å². The molecule has 1 aliphatic rings. The van der Waals surface area contributed by atoms with Gasteiger partial charge in [0.2, 0.25) is 11.9 Å². The van der Waals surface area contributed by atoms with Gasteiger partial charge in [-0.3, -0.25) is 5.43 Å². The standard InChI is InChI=1S/C11H20N6O2/c1-7(2)19-11-14-9(16-12)13-10(15-11)17(5-6-18)8-3-4-8/h7-8,18H,3-6,12H2,1-2H3,(H,13,14,15,16). The molecule has 1 aliphatic carbocycles. The lowest BCUT2D eigenvalue weighted by atomic mass is 10.5. The molecule has 4 N–H and O–H groups in total. The molecule has 106 valence electrons. The Hall–Kier alpha value is -1.67. The fraction of sp³-hybridized carbons (Fsp3) is 0.727. The van der Waals surface area contributed by atoms with Crippen molar-refractivity contribution in [3.05, 3.63) is 0 Å². The Morgan fingerprint density at radius 1 is 1.42 bits per heavy atom. The lowest BCUT2D eigenvalue weighted by Gasteiger charge is -2.22. The molecule has 0 saturated heterocycles. The number of anilines is 2. The highest BCUT2D eigenvalue weighted by Crippen LogP contribution is 2.30. The highest BCUT2D eigenvalue weighted by Gasteiger charge is 2.31. The molecule has 0 atom stereocenters. The fourth-order valence-corrected chi connectivity index (χ4v) is 1.74. The van der Waals surface area contributed by atoms with Gasteiger partial charge < -0.3 is 14.7 Å². The van der Waals surface area contributed by atoms with Gasteiger partial charge in [0, 0.05) is 12.6 Å². The van der Waals surface area contributed by atoms with Crippen molar-refractivity contribution in [1.82, 2.24) is 15.0 Å². The maximum absolute atomic E-state index is 9.13. The number of hydrogen-bond acceptors (Lipinski definition) is 8.